The molecule has 0 aliphatic carbocycles. The second-order valence-electron chi connectivity index (χ2n) is 6.79. The molecule has 4 rings (SSSR count). The minimum absolute atomic E-state index is 0.0438. The van der Waals surface area contributed by atoms with Crippen LogP contribution in [-0.2, 0) is 22.5 Å². The van der Waals surface area contributed by atoms with E-state index in [2.05, 4.69) is 4.90 Å². The zero-order valence-corrected chi connectivity index (χ0v) is 13.2. The summed E-state index contributed by atoms with van der Waals surface area (Å²) in [5.74, 6) is 0.141. The lowest BCUT2D eigenvalue weighted by Gasteiger charge is -2.31. The Morgan fingerprint density at radius 2 is 1.88 bits per heavy atom. The van der Waals surface area contributed by atoms with Gasteiger partial charge >= 0.3 is 6.18 Å². The smallest absolute Gasteiger partial charge is 0.352 e. The first-order valence-corrected chi connectivity index (χ1v) is 8.20. The van der Waals surface area contributed by atoms with Gasteiger partial charge in [-0.25, -0.2) is 0 Å². The molecule has 0 saturated carbocycles. The molecule has 3 aliphatic heterocycles. The third-order valence-electron chi connectivity index (χ3n) is 5.32. The standard InChI is InChI=1S/C17H19F3N2O2/c18-17(19,20)10-12-1-3-13(4-2-12)11-21-6-5-16-14(21)9-15(23)22(16)7-8-24-16/h1-4,14H,5-11H2. The number of rotatable bonds is 3. The molecule has 1 spiro atoms. The Labute approximate surface area is 138 Å². The first-order chi connectivity index (χ1) is 11.4. The van der Waals surface area contributed by atoms with Gasteiger partial charge in [0.25, 0.3) is 0 Å². The van der Waals surface area contributed by atoms with Gasteiger partial charge < -0.3 is 9.64 Å². The number of carbonyl (C=O) groups excluding carboxylic acids is 1. The van der Waals surface area contributed by atoms with E-state index < -0.39 is 18.3 Å². The molecule has 130 valence electrons. The maximum absolute atomic E-state index is 12.4. The van der Waals surface area contributed by atoms with Gasteiger partial charge in [-0.1, -0.05) is 24.3 Å². The van der Waals surface area contributed by atoms with Crippen molar-refractivity contribution in [1.82, 2.24) is 9.80 Å². The first-order valence-electron chi connectivity index (χ1n) is 8.20. The summed E-state index contributed by atoms with van der Waals surface area (Å²) in [5.41, 5.74) is 0.764. The molecule has 2 unspecified atom stereocenters. The van der Waals surface area contributed by atoms with E-state index in [-0.39, 0.29) is 17.5 Å². The van der Waals surface area contributed by atoms with Gasteiger partial charge in [-0.3, -0.25) is 9.69 Å². The van der Waals surface area contributed by atoms with Crippen LogP contribution in [-0.4, -0.2) is 53.3 Å². The van der Waals surface area contributed by atoms with Crippen molar-refractivity contribution in [3.05, 3.63) is 35.4 Å². The van der Waals surface area contributed by atoms with Crippen molar-refractivity contribution < 1.29 is 22.7 Å². The predicted octanol–water partition coefficient (Wildman–Crippen LogP) is 2.32. The quantitative estimate of drug-likeness (QED) is 0.847. The Bertz CT molecular complexity index is 646. The molecule has 0 bridgehead atoms. The van der Waals surface area contributed by atoms with Crippen molar-refractivity contribution in [2.45, 2.75) is 43.8 Å². The molecule has 3 fully saturated rings. The molecule has 24 heavy (non-hydrogen) atoms. The Morgan fingerprint density at radius 3 is 2.58 bits per heavy atom. The number of benzene rings is 1. The van der Waals surface area contributed by atoms with Gasteiger partial charge in [0.1, 0.15) is 0 Å². The highest BCUT2D eigenvalue weighted by Gasteiger charge is 2.61. The van der Waals surface area contributed by atoms with Crippen LogP contribution in [0.1, 0.15) is 24.0 Å². The van der Waals surface area contributed by atoms with Crippen LogP contribution in [0.5, 0.6) is 0 Å². The molecule has 3 saturated heterocycles. The first kappa shape index (κ1) is 15.9. The van der Waals surface area contributed by atoms with Crippen molar-refractivity contribution in [3.63, 3.8) is 0 Å². The third kappa shape index (κ3) is 2.59. The summed E-state index contributed by atoms with van der Waals surface area (Å²) in [5, 5.41) is 0. The number of nitrogens with zero attached hydrogens (tertiary/aromatic N) is 2. The van der Waals surface area contributed by atoms with Crippen LogP contribution < -0.4 is 0 Å². The van der Waals surface area contributed by atoms with Gasteiger partial charge in [0, 0.05) is 32.5 Å². The topological polar surface area (TPSA) is 32.8 Å². The zero-order valence-electron chi connectivity index (χ0n) is 13.2. The van der Waals surface area contributed by atoms with Crippen molar-refractivity contribution in [2.75, 3.05) is 19.7 Å². The van der Waals surface area contributed by atoms with Gasteiger partial charge in [-0.05, 0) is 11.1 Å². The predicted molar refractivity (Wildman–Crippen MR) is 80.0 cm³/mol. The van der Waals surface area contributed by atoms with E-state index in [0.717, 1.165) is 18.5 Å². The fourth-order valence-corrected chi connectivity index (χ4v) is 4.29. The normalized spacial score (nSPS) is 30.0. The lowest BCUT2D eigenvalue weighted by molar-refractivity contribution is -0.136. The van der Waals surface area contributed by atoms with Gasteiger partial charge in [-0.2, -0.15) is 13.2 Å². The van der Waals surface area contributed by atoms with Crippen LogP contribution in [0.2, 0.25) is 0 Å². The average Bonchev–Trinajstić information content (AvgIpc) is 3.13. The molecule has 1 amide bonds. The van der Waals surface area contributed by atoms with Gasteiger partial charge in [0.15, 0.2) is 5.72 Å². The van der Waals surface area contributed by atoms with E-state index in [9.17, 15) is 18.0 Å². The molecule has 7 heteroatoms. The van der Waals surface area contributed by atoms with Gasteiger partial charge in [0.05, 0.1) is 19.1 Å². The van der Waals surface area contributed by atoms with E-state index in [4.69, 9.17) is 4.74 Å². The number of hydrogen-bond acceptors (Lipinski definition) is 3. The summed E-state index contributed by atoms with van der Waals surface area (Å²) >= 11 is 0. The number of ether oxygens (including phenoxy) is 1. The van der Waals surface area contributed by atoms with Crippen LogP contribution in [0.3, 0.4) is 0 Å². The molecular formula is C17H19F3N2O2. The summed E-state index contributed by atoms with van der Waals surface area (Å²) in [7, 11) is 0. The summed E-state index contributed by atoms with van der Waals surface area (Å²) in [4.78, 5) is 16.2. The van der Waals surface area contributed by atoms with E-state index >= 15 is 0 Å². The monoisotopic (exact) mass is 340 g/mol. The minimum Gasteiger partial charge on any atom is -0.352 e. The molecule has 3 heterocycles. The van der Waals surface area contributed by atoms with Crippen LogP contribution in [0.4, 0.5) is 13.2 Å². The van der Waals surface area contributed by atoms with E-state index in [1.807, 2.05) is 4.90 Å². The summed E-state index contributed by atoms with van der Waals surface area (Å²) in [6.45, 7) is 2.71. The largest absolute Gasteiger partial charge is 0.393 e. The van der Waals surface area contributed by atoms with E-state index in [1.165, 1.54) is 12.1 Å². The second-order valence-corrected chi connectivity index (χ2v) is 6.79. The number of likely N-dealkylation sites (tertiary alicyclic amines) is 1. The molecule has 3 aliphatic rings. The Hall–Kier alpha value is -1.60. The van der Waals surface area contributed by atoms with E-state index in [1.54, 1.807) is 12.1 Å². The molecule has 2 atom stereocenters. The highest BCUT2D eigenvalue weighted by Crippen LogP contribution is 2.45. The molecule has 0 N–H and O–H groups in total. The summed E-state index contributed by atoms with van der Waals surface area (Å²) < 4.78 is 43.2. The van der Waals surface area contributed by atoms with Crippen molar-refractivity contribution in [2.24, 2.45) is 0 Å². The summed E-state index contributed by atoms with van der Waals surface area (Å²) in [6.07, 6.45) is -3.82. The highest BCUT2D eigenvalue weighted by atomic mass is 19.4. The minimum atomic E-state index is -4.18. The summed E-state index contributed by atoms with van der Waals surface area (Å²) in [6, 6.07) is 6.61. The number of alkyl halides is 3. The Morgan fingerprint density at radius 1 is 1.17 bits per heavy atom. The van der Waals surface area contributed by atoms with E-state index in [0.29, 0.717) is 26.1 Å². The number of amides is 1. The second kappa shape index (κ2) is 5.46. The highest BCUT2D eigenvalue weighted by molar-refractivity contribution is 5.81. The van der Waals surface area contributed by atoms with Gasteiger partial charge in [0.2, 0.25) is 5.91 Å². The molecule has 0 aromatic heterocycles. The fraction of sp³-hybridized carbons (Fsp3) is 0.588. The van der Waals surface area contributed by atoms with Crippen molar-refractivity contribution >= 4 is 5.91 Å². The number of carbonyl (C=O) groups is 1. The molecular weight excluding hydrogens is 321 g/mol. The molecule has 1 aromatic rings. The lowest BCUT2D eigenvalue weighted by atomic mass is 10.1. The Kier molecular flexibility index (Phi) is 3.61. The van der Waals surface area contributed by atoms with Gasteiger partial charge in [-0.15, -0.1) is 0 Å². The van der Waals surface area contributed by atoms with Crippen molar-refractivity contribution in [1.29, 1.82) is 0 Å². The number of halogens is 3. The maximum atomic E-state index is 12.4. The third-order valence-corrected chi connectivity index (χ3v) is 5.32. The SMILES string of the molecule is O=C1CC2N(Cc3ccc(CC(F)(F)F)cc3)CCC23OCCN13. The van der Waals surface area contributed by atoms with Crippen molar-refractivity contribution in [3.8, 4) is 0 Å². The molecule has 4 nitrogen and oxygen atoms in total. The average molecular weight is 340 g/mol. The molecule has 1 aromatic carbocycles. The Balaban J connectivity index is 1.46. The number of hydrogen-bond donors (Lipinski definition) is 0. The maximum Gasteiger partial charge on any atom is 0.393 e. The van der Waals surface area contributed by atoms with Crippen LogP contribution >= 0.6 is 0 Å². The fourth-order valence-electron chi connectivity index (χ4n) is 4.29. The van der Waals surface area contributed by atoms with Crippen LogP contribution in [0.25, 0.3) is 0 Å². The molecule has 0 radical (unpaired) electrons. The van der Waals surface area contributed by atoms with Crippen LogP contribution in [0.15, 0.2) is 24.3 Å². The van der Waals surface area contributed by atoms with Crippen LogP contribution in [0, 0.1) is 0 Å². The zero-order chi connectivity index (χ0) is 16.9. The lowest BCUT2D eigenvalue weighted by Crippen LogP contribution is -2.47.